The molecular weight excluding hydrogens is 150 g/mol. The molecule has 0 N–H and O–H groups in total. The van der Waals surface area contributed by atoms with Crippen LogP contribution in [0.1, 0.15) is 25.7 Å². The van der Waals surface area contributed by atoms with Crippen molar-refractivity contribution in [3.63, 3.8) is 0 Å². The molecule has 0 bridgehead atoms. The largest absolute Gasteiger partial charge is 0.377 e. The lowest BCUT2D eigenvalue weighted by Gasteiger charge is -2.32. The van der Waals surface area contributed by atoms with E-state index in [1.165, 1.54) is 38.0 Å². The standard InChI is InChI=1S/C10H17NO/c1-2-6-11(7-3-1)10-4-8-12-9-5-10/h4H,1-3,5-9H2. The highest BCUT2D eigenvalue weighted by atomic mass is 16.5. The van der Waals surface area contributed by atoms with E-state index in [9.17, 15) is 0 Å². The van der Waals surface area contributed by atoms with Crippen molar-refractivity contribution in [1.29, 1.82) is 0 Å². The summed E-state index contributed by atoms with van der Waals surface area (Å²) in [6.07, 6.45) is 7.53. The van der Waals surface area contributed by atoms with Crippen molar-refractivity contribution in [3.05, 3.63) is 11.8 Å². The molecule has 0 aromatic heterocycles. The van der Waals surface area contributed by atoms with E-state index in [1.807, 2.05) is 0 Å². The van der Waals surface area contributed by atoms with Crippen molar-refractivity contribution >= 4 is 0 Å². The van der Waals surface area contributed by atoms with Gasteiger partial charge in [0, 0.05) is 25.2 Å². The third kappa shape index (κ3) is 1.81. The van der Waals surface area contributed by atoms with E-state index in [0.29, 0.717) is 0 Å². The Morgan fingerprint density at radius 3 is 2.67 bits per heavy atom. The maximum atomic E-state index is 5.29. The molecule has 0 saturated carbocycles. The molecule has 0 radical (unpaired) electrons. The molecule has 0 aliphatic carbocycles. The van der Waals surface area contributed by atoms with Crippen LogP contribution in [0.2, 0.25) is 0 Å². The summed E-state index contributed by atoms with van der Waals surface area (Å²) in [7, 11) is 0. The molecule has 0 aromatic rings. The van der Waals surface area contributed by atoms with Crippen LogP contribution in [-0.2, 0) is 4.74 Å². The molecule has 2 rings (SSSR count). The van der Waals surface area contributed by atoms with Crippen molar-refractivity contribution in [2.75, 3.05) is 26.3 Å². The summed E-state index contributed by atoms with van der Waals surface area (Å²) >= 11 is 0. The van der Waals surface area contributed by atoms with Crippen LogP contribution in [0.4, 0.5) is 0 Å². The average Bonchev–Trinajstić information content (AvgIpc) is 2.21. The molecule has 1 saturated heterocycles. The third-order valence-electron chi connectivity index (χ3n) is 2.70. The highest BCUT2D eigenvalue weighted by Crippen LogP contribution is 2.18. The maximum Gasteiger partial charge on any atom is 0.0667 e. The van der Waals surface area contributed by atoms with Gasteiger partial charge in [-0.05, 0) is 25.3 Å². The van der Waals surface area contributed by atoms with Gasteiger partial charge in [-0.2, -0.15) is 0 Å². The summed E-state index contributed by atoms with van der Waals surface area (Å²) in [5.74, 6) is 0. The van der Waals surface area contributed by atoms with Gasteiger partial charge in [0.15, 0.2) is 0 Å². The van der Waals surface area contributed by atoms with Crippen LogP contribution in [0.15, 0.2) is 11.8 Å². The summed E-state index contributed by atoms with van der Waals surface area (Å²) in [5, 5.41) is 0. The Morgan fingerprint density at radius 2 is 2.00 bits per heavy atom. The lowest BCUT2D eigenvalue weighted by Crippen LogP contribution is -2.31. The first-order chi connectivity index (χ1) is 5.97. The quantitative estimate of drug-likeness (QED) is 0.590. The first-order valence-corrected chi connectivity index (χ1v) is 4.98. The van der Waals surface area contributed by atoms with Gasteiger partial charge in [-0.25, -0.2) is 0 Å². The summed E-state index contributed by atoms with van der Waals surface area (Å²) in [4.78, 5) is 2.53. The Hall–Kier alpha value is -0.500. The van der Waals surface area contributed by atoms with E-state index in [4.69, 9.17) is 4.74 Å². The van der Waals surface area contributed by atoms with E-state index in [0.717, 1.165) is 19.6 Å². The lowest BCUT2D eigenvalue weighted by molar-refractivity contribution is 0.136. The van der Waals surface area contributed by atoms with Gasteiger partial charge in [-0.3, -0.25) is 0 Å². The molecule has 2 aliphatic rings. The third-order valence-corrected chi connectivity index (χ3v) is 2.70. The summed E-state index contributed by atoms with van der Waals surface area (Å²) in [6.45, 7) is 4.28. The second kappa shape index (κ2) is 3.94. The minimum absolute atomic E-state index is 0.825. The molecule has 1 fully saturated rings. The Balaban J connectivity index is 1.92. The van der Waals surface area contributed by atoms with E-state index in [1.54, 1.807) is 0 Å². The van der Waals surface area contributed by atoms with E-state index < -0.39 is 0 Å². The Bertz CT molecular complexity index is 171. The molecule has 2 heteroatoms. The first kappa shape index (κ1) is 8.11. The Morgan fingerprint density at radius 1 is 1.17 bits per heavy atom. The molecule has 0 unspecified atom stereocenters. The number of rotatable bonds is 1. The molecule has 0 amide bonds. The smallest absolute Gasteiger partial charge is 0.0667 e. The van der Waals surface area contributed by atoms with Crippen molar-refractivity contribution in [3.8, 4) is 0 Å². The molecule has 0 atom stereocenters. The molecule has 0 spiro atoms. The molecule has 2 aliphatic heterocycles. The van der Waals surface area contributed by atoms with Crippen molar-refractivity contribution in [1.82, 2.24) is 4.90 Å². The lowest BCUT2D eigenvalue weighted by atomic mass is 10.1. The molecule has 2 heterocycles. The average molecular weight is 167 g/mol. The number of nitrogens with zero attached hydrogens (tertiary/aromatic N) is 1. The predicted octanol–water partition coefficient (Wildman–Crippen LogP) is 1.78. The zero-order chi connectivity index (χ0) is 8.23. The van der Waals surface area contributed by atoms with Gasteiger partial charge in [-0.1, -0.05) is 0 Å². The normalized spacial score (nSPS) is 25.3. The fraction of sp³-hybridized carbons (Fsp3) is 0.800. The first-order valence-electron chi connectivity index (χ1n) is 4.98. The SMILES string of the molecule is C1=C(N2CCCCC2)CCOC1. The number of likely N-dealkylation sites (tertiary alicyclic amines) is 1. The second-order valence-electron chi connectivity index (χ2n) is 3.57. The van der Waals surface area contributed by atoms with Crippen LogP contribution in [-0.4, -0.2) is 31.2 Å². The zero-order valence-electron chi connectivity index (χ0n) is 7.59. The fourth-order valence-corrected chi connectivity index (χ4v) is 1.99. The van der Waals surface area contributed by atoms with E-state index in [-0.39, 0.29) is 0 Å². The maximum absolute atomic E-state index is 5.29. The predicted molar refractivity (Wildman–Crippen MR) is 48.9 cm³/mol. The topological polar surface area (TPSA) is 12.5 Å². The Labute approximate surface area is 74.2 Å². The molecular formula is C10H17NO. The summed E-state index contributed by atoms with van der Waals surface area (Å²) in [6, 6.07) is 0. The van der Waals surface area contributed by atoms with Crippen LogP contribution < -0.4 is 0 Å². The van der Waals surface area contributed by atoms with Crippen LogP contribution in [0, 0.1) is 0 Å². The van der Waals surface area contributed by atoms with Gasteiger partial charge < -0.3 is 9.64 Å². The van der Waals surface area contributed by atoms with Crippen molar-refractivity contribution in [2.45, 2.75) is 25.7 Å². The number of hydrogen-bond acceptors (Lipinski definition) is 2. The molecule has 0 aromatic carbocycles. The fourth-order valence-electron chi connectivity index (χ4n) is 1.99. The summed E-state index contributed by atoms with van der Waals surface area (Å²) in [5.41, 5.74) is 1.53. The molecule has 68 valence electrons. The van der Waals surface area contributed by atoms with Crippen LogP contribution in [0.3, 0.4) is 0 Å². The number of ether oxygens (including phenoxy) is 1. The number of hydrogen-bond donors (Lipinski definition) is 0. The van der Waals surface area contributed by atoms with Gasteiger partial charge >= 0.3 is 0 Å². The minimum Gasteiger partial charge on any atom is -0.377 e. The highest BCUT2D eigenvalue weighted by molar-refractivity contribution is 5.04. The number of piperidine rings is 1. The highest BCUT2D eigenvalue weighted by Gasteiger charge is 2.14. The molecule has 2 nitrogen and oxygen atoms in total. The van der Waals surface area contributed by atoms with Gasteiger partial charge in [0.05, 0.1) is 13.2 Å². The van der Waals surface area contributed by atoms with Gasteiger partial charge in [0.25, 0.3) is 0 Å². The van der Waals surface area contributed by atoms with Crippen molar-refractivity contribution in [2.24, 2.45) is 0 Å². The van der Waals surface area contributed by atoms with Crippen LogP contribution >= 0.6 is 0 Å². The van der Waals surface area contributed by atoms with Gasteiger partial charge in [-0.15, -0.1) is 0 Å². The van der Waals surface area contributed by atoms with E-state index >= 15 is 0 Å². The van der Waals surface area contributed by atoms with Crippen molar-refractivity contribution < 1.29 is 4.74 Å². The zero-order valence-corrected chi connectivity index (χ0v) is 7.59. The monoisotopic (exact) mass is 167 g/mol. The molecule has 12 heavy (non-hydrogen) atoms. The van der Waals surface area contributed by atoms with Crippen LogP contribution in [0.25, 0.3) is 0 Å². The Kier molecular flexibility index (Phi) is 2.67. The second-order valence-corrected chi connectivity index (χ2v) is 3.57. The summed E-state index contributed by atoms with van der Waals surface area (Å²) < 4.78 is 5.29. The van der Waals surface area contributed by atoms with Gasteiger partial charge in [0.2, 0.25) is 0 Å². The minimum atomic E-state index is 0.825. The van der Waals surface area contributed by atoms with Crippen LogP contribution in [0.5, 0.6) is 0 Å². The van der Waals surface area contributed by atoms with E-state index in [2.05, 4.69) is 11.0 Å². The van der Waals surface area contributed by atoms with Gasteiger partial charge in [0.1, 0.15) is 0 Å².